The molecule has 1 rings (SSSR count). The van der Waals surface area contributed by atoms with E-state index < -0.39 is 11.0 Å². The maximum absolute atomic E-state index is 11.9. The maximum atomic E-state index is 11.9. The molecule has 0 aliphatic rings. The van der Waals surface area contributed by atoms with Gasteiger partial charge in [0.05, 0.1) is 15.7 Å². The molecule has 0 spiro atoms. The molecular formula is C13H20BrNOS. The first-order chi connectivity index (χ1) is 7.79. The van der Waals surface area contributed by atoms with E-state index in [1.165, 1.54) is 5.56 Å². The van der Waals surface area contributed by atoms with E-state index in [1.807, 2.05) is 32.9 Å². The fourth-order valence-corrected chi connectivity index (χ4v) is 2.67. The molecule has 2 nitrogen and oxygen atoms in total. The second kappa shape index (κ2) is 6.12. The van der Waals surface area contributed by atoms with E-state index in [0.717, 1.165) is 10.9 Å². The van der Waals surface area contributed by atoms with Gasteiger partial charge < -0.3 is 0 Å². The molecule has 0 heterocycles. The predicted molar refractivity (Wildman–Crippen MR) is 78.3 cm³/mol. The van der Waals surface area contributed by atoms with Crippen LogP contribution in [0.1, 0.15) is 33.3 Å². The minimum atomic E-state index is -1.01. The Balaban J connectivity index is 2.56. The van der Waals surface area contributed by atoms with E-state index in [9.17, 15) is 4.21 Å². The molecule has 1 N–H and O–H groups in total. The lowest BCUT2D eigenvalue weighted by Crippen LogP contribution is -2.39. The number of hydrogen-bond acceptors (Lipinski definition) is 1. The Labute approximate surface area is 115 Å². The molecule has 0 saturated heterocycles. The topological polar surface area (TPSA) is 29.1 Å². The number of halogens is 1. The van der Waals surface area contributed by atoms with Crippen LogP contribution in [0.15, 0.2) is 28.7 Å². The second-order valence-corrected chi connectivity index (χ2v) is 8.15. The smallest absolute Gasteiger partial charge is 0.0972 e. The third-order valence-corrected chi connectivity index (χ3v) is 4.52. The molecule has 2 atom stereocenters. The van der Waals surface area contributed by atoms with E-state index in [1.54, 1.807) is 0 Å². The fraction of sp³-hybridized carbons (Fsp3) is 0.538. The summed E-state index contributed by atoms with van der Waals surface area (Å²) in [5, 5.41) is 0. The van der Waals surface area contributed by atoms with Crippen LogP contribution in [0.5, 0.6) is 0 Å². The van der Waals surface area contributed by atoms with Gasteiger partial charge in [0.25, 0.3) is 0 Å². The van der Waals surface area contributed by atoms with Gasteiger partial charge in [0, 0.05) is 10.5 Å². The minimum Gasteiger partial charge on any atom is -0.242 e. The van der Waals surface area contributed by atoms with Crippen LogP contribution in [0.4, 0.5) is 0 Å². The van der Waals surface area contributed by atoms with Crippen molar-refractivity contribution in [3.63, 3.8) is 0 Å². The summed E-state index contributed by atoms with van der Waals surface area (Å²) in [5.74, 6) is 0. The van der Waals surface area contributed by atoms with Crippen molar-refractivity contribution in [3.8, 4) is 0 Å². The summed E-state index contributed by atoms with van der Waals surface area (Å²) >= 11 is 3.45. The highest BCUT2D eigenvalue weighted by Gasteiger charge is 2.21. The molecule has 17 heavy (non-hydrogen) atoms. The summed E-state index contributed by atoms with van der Waals surface area (Å²) in [6, 6.07) is 8.41. The van der Waals surface area contributed by atoms with Crippen molar-refractivity contribution in [2.45, 2.75) is 44.9 Å². The van der Waals surface area contributed by atoms with Gasteiger partial charge in [-0.1, -0.05) is 28.1 Å². The summed E-state index contributed by atoms with van der Waals surface area (Å²) in [6.45, 7) is 7.98. The molecular weight excluding hydrogens is 298 g/mol. The average molecular weight is 318 g/mol. The van der Waals surface area contributed by atoms with Crippen LogP contribution in [-0.2, 0) is 17.4 Å². The number of benzene rings is 1. The second-order valence-electron chi connectivity index (χ2n) is 5.23. The number of hydrogen-bond donors (Lipinski definition) is 1. The van der Waals surface area contributed by atoms with E-state index in [0.29, 0.717) is 0 Å². The molecule has 1 aromatic rings. The minimum absolute atomic E-state index is 0.198. The zero-order chi connectivity index (χ0) is 13.1. The third-order valence-electron chi connectivity index (χ3n) is 2.30. The first-order valence-electron chi connectivity index (χ1n) is 5.71. The van der Waals surface area contributed by atoms with Gasteiger partial charge in [-0.15, -0.1) is 0 Å². The van der Waals surface area contributed by atoms with Crippen molar-refractivity contribution < 1.29 is 4.21 Å². The van der Waals surface area contributed by atoms with Crippen molar-refractivity contribution in [3.05, 3.63) is 34.3 Å². The molecule has 4 heteroatoms. The van der Waals surface area contributed by atoms with Gasteiger partial charge in [-0.05, 0) is 51.8 Å². The average Bonchev–Trinajstić information content (AvgIpc) is 2.15. The Bertz CT molecular complexity index is 401. The molecule has 0 bridgehead atoms. The Morgan fingerprint density at radius 1 is 1.41 bits per heavy atom. The molecule has 0 fully saturated rings. The number of nitrogens with one attached hydrogen (secondary N) is 1. The maximum Gasteiger partial charge on any atom is 0.0972 e. The predicted octanol–water partition coefficient (Wildman–Crippen LogP) is 3.43. The van der Waals surface area contributed by atoms with Gasteiger partial charge in [0.2, 0.25) is 0 Å². The molecule has 0 aliphatic carbocycles. The molecule has 0 amide bonds. The fourth-order valence-electron chi connectivity index (χ4n) is 1.42. The lowest BCUT2D eigenvalue weighted by Gasteiger charge is -2.22. The highest BCUT2D eigenvalue weighted by molar-refractivity contribution is 9.10. The summed E-state index contributed by atoms with van der Waals surface area (Å²) in [5.41, 5.74) is 1.24. The first-order valence-corrected chi connectivity index (χ1v) is 7.66. The Morgan fingerprint density at radius 2 is 2.06 bits per heavy atom. The monoisotopic (exact) mass is 317 g/mol. The SMILES string of the molecule is C[C@@H](Cc1cccc(Br)c1)N[S@](=O)C(C)(C)C. The van der Waals surface area contributed by atoms with E-state index in [2.05, 4.69) is 39.7 Å². The Kier molecular flexibility index (Phi) is 5.35. The zero-order valence-electron chi connectivity index (χ0n) is 10.8. The van der Waals surface area contributed by atoms with Gasteiger partial charge in [-0.2, -0.15) is 0 Å². The van der Waals surface area contributed by atoms with E-state index in [4.69, 9.17) is 0 Å². The van der Waals surface area contributed by atoms with Crippen LogP contribution < -0.4 is 4.72 Å². The standard InChI is InChI=1S/C13H20BrNOS/c1-10(15-17(16)13(2,3)4)8-11-6-5-7-12(14)9-11/h5-7,9-10,15H,8H2,1-4H3/t10-,17+/m0/s1. The van der Waals surface area contributed by atoms with Gasteiger partial charge in [-0.3, -0.25) is 0 Å². The normalized spacial score (nSPS) is 15.6. The van der Waals surface area contributed by atoms with Gasteiger partial charge in [0.15, 0.2) is 0 Å². The summed E-state index contributed by atoms with van der Waals surface area (Å²) < 4.78 is 15.9. The molecule has 96 valence electrons. The highest BCUT2D eigenvalue weighted by Crippen LogP contribution is 2.14. The van der Waals surface area contributed by atoms with Crippen molar-refractivity contribution in [2.24, 2.45) is 0 Å². The van der Waals surface area contributed by atoms with Crippen LogP contribution >= 0.6 is 15.9 Å². The third kappa shape index (κ3) is 5.32. The van der Waals surface area contributed by atoms with Gasteiger partial charge in [-0.25, -0.2) is 8.93 Å². The lowest BCUT2D eigenvalue weighted by atomic mass is 10.1. The largest absolute Gasteiger partial charge is 0.242 e. The highest BCUT2D eigenvalue weighted by atomic mass is 79.9. The molecule has 0 radical (unpaired) electrons. The van der Waals surface area contributed by atoms with Crippen molar-refractivity contribution in [2.75, 3.05) is 0 Å². The van der Waals surface area contributed by atoms with Crippen LogP contribution in [0.25, 0.3) is 0 Å². The zero-order valence-corrected chi connectivity index (χ0v) is 13.2. The van der Waals surface area contributed by atoms with Crippen LogP contribution in [0, 0.1) is 0 Å². The molecule has 0 aromatic heterocycles. The van der Waals surface area contributed by atoms with Crippen molar-refractivity contribution in [1.82, 2.24) is 4.72 Å². The molecule has 0 aliphatic heterocycles. The van der Waals surface area contributed by atoms with Crippen molar-refractivity contribution in [1.29, 1.82) is 0 Å². The summed E-state index contributed by atoms with van der Waals surface area (Å²) in [7, 11) is -1.01. The van der Waals surface area contributed by atoms with E-state index >= 15 is 0 Å². The van der Waals surface area contributed by atoms with E-state index in [-0.39, 0.29) is 10.8 Å². The molecule has 0 saturated carbocycles. The van der Waals surface area contributed by atoms with Crippen LogP contribution in [-0.4, -0.2) is 15.0 Å². The van der Waals surface area contributed by atoms with Crippen LogP contribution in [0.3, 0.4) is 0 Å². The summed E-state index contributed by atoms with van der Waals surface area (Å²) in [6.07, 6.45) is 0.876. The Hall–Kier alpha value is -0.190. The molecule has 1 aromatic carbocycles. The van der Waals surface area contributed by atoms with Gasteiger partial charge >= 0.3 is 0 Å². The molecule has 0 unspecified atom stereocenters. The van der Waals surface area contributed by atoms with Crippen LogP contribution in [0.2, 0.25) is 0 Å². The quantitative estimate of drug-likeness (QED) is 0.905. The lowest BCUT2D eigenvalue weighted by molar-refractivity contribution is 0.604. The first kappa shape index (κ1) is 14.9. The number of rotatable bonds is 4. The van der Waals surface area contributed by atoms with Gasteiger partial charge in [0.1, 0.15) is 0 Å². The van der Waals surface area contributed by atoms with Crippen molar-refractivity contribution >= 4 is 26.9 Å². The Morgan fingerprint density at radius 3 is 2.59 bits per heavy atom. The summed E-state index contributed by atoms with van der Waals surface area (Å²) in [4.78, 5) is 0.